The van der Waals surface area contributed by atoms with Gasteiger partial charge < -0.3 is 0 Å². The van der Waals surface area contributed by atoms with E-state index < -0.39 is 55.1 Å². The molecule has 0 rings (SSSR count). The normalized spacial score (nSPS) is 14.9. The molecule has 0 unspecified atom stereocenters. The molecule has 0 aromatic carbocycles. The molecule has 0 saturated carbocycles. The fourth-order valence-corrected chi connectivity index (χ4v) is 155. The first-order chi connectivity index (χ1) is 6.31. The van der Waals surface area contributed by atoms with Gasteiger partial charge in [-0.2, -0.15) is 0 Å². The van der Waals surface area contributed by atoms with Crippen molar-refractivity contribution in [3.63, 3.8) is 0 Å². The first-order valence-electron chi connectivity index (χ1n) is 5.72. The summed E-state index contributed by atoms with van der Waals surface area (Å²) in [6, 6.07) is 2.92. The zero-order valence-corrected chi connectivity index (χ0v) is 20.5. The number of rotatable bonds is 3. The molecule has 0 radical (unpaired) electrons. The maximum absolute atomic E-state index is 9.89. The molecular formula is C11H27NSn3. The van der Waals surface area contributed by atoms with E-state index in [1.165, 1.54) is 0 Å². The van der Waals surface area contributed by atoms with Gasteiger partial charge in [0.25, 0.3) is 0 Å². The maximum atomic E-state index is 9.89. The summed E-state index contributed by atoms with van der Waals surface area (Å²) in [5, 5.41) is 9.89. The molecule has 0 amide bonds. The summed E-state index contributed by atoms with van der Waals surface area (Å²) >= 11 is -6.51. The van der Waals surface area contributed by atoms with E-state index in [2.05, 4.69) is 50.5 Å². The predicted octanol–water partition coefficient (Wildman–Crippen LogP) is 4.34. The summed E-state index contributed by atoms with van der Waals surface area (Å²) in [6.07, 6.45) is 0. The quantitative estimate of drug-likeness (QED) is 0.499. The Morgan fingerprint density at radius 2 is 0.867 bits per heavy atom. The minimum atomic E-state index is -2.17. The number of nitriles is 1. The Morgan fingerprint density at radius 1 is 0.667 bits per heavy atom. The zero-order valence-electron chi connectivity index (χ0n) is 11.9. The Labute approximate surface area is 109 Å². The SMILES string of the molecule is [CH3][Sn]([CH3])([CH3])[C](C#N)([Sn]([CH3])([CH3])[CH3])[Sn]([CH3])([CH3])[CH3]. The van der Waals surface area contributed by atoms with Crippen molar-refractivity contribution in [3.8, 4) is 6.07 Å². The van der Waals surface area contributed by atoms with Crippen LogP contribution in [0.1, 0.15) is 0 Å². The van der Waals surface area contributed by atoms with Crippen molar-refractivity contribution in [1.29, 1.82) is 5.26 Å². The summed E-state index contributed by atoms with van der Waals surface area (Å²) in [4.78, 5) is 22.4. The van der Waals surface area contributed by atoms with Crippen molar-refractivity contribution in [2.75, 3.05) is 0 Å². The second-order valence-corrected chi connectivity index (χ2v) is 64.8. The van der Waals surface area contributed by atoms with Crippen LogP contribution in [0.15, 0.2) is 0 Å². The van der Waals surface area contributed by atoms with Gasteiger partial charge in [0.05, 0.1) is 0 Å². The van der Waals surface area contributed by atoms with E-state index in [1.54, 1.807) is 0 Å². The van der Waals surface area contributed by atoms with E-state index >= 15 is 0 Å². The van der Waals surface area contributed by atoms with Crippen molar-refractivity contribution >= 4 is 55.1 Å². The number of hydrogen-bond acceptors (Lipinski definition) is 1. The standard InChI is InChI=1S/C2N.9CH3.3Sn/c1-2-3;;;;;;;;;;;;/h;9*1H3;;;. The third kappa shape index (κ3) is 3.01. The number of hydrogen-bond donors (Lipinski definition) is 0. The van der Waals surface area contributed by atoms with Crippen LogP contribution in [0.2, 0.25) is 43.9 Å². The van der Waals surface area contributed by atoms with Gasteiger partial charge >= 0.3 is 110 Å². The molecule has 0 aliphatic rings. The van der Waals surface area contributed by atoms with E-state index in [0.717, 1.165) is 0 Å². The van der Waals surface area contributed by atoms with Gasteiger partial charge in [-0.3, -0.25) is 0 Å². The Balaban J connectivity index is 5.93. The van der Waals surface area contributed by atoms with Crippen molar-refractivity contribution < 1.29 is 0 Å². The second kappa shape index (κ2) is 4.87. The fourth-order valence-electron chi connectivity index (χ4n) is 3.88. The van der Waals surface area contributed by atoms with Gasteiger partial charge in [0.15, 0.2) is 0 Å². The van der Waals surface area contributed by atoms with Gasteiger partial charge in [-0.05, 0) is 0 Å². The molecule has 0 aromatic heterocycles. The second-order valence-electron chi connectivity index (χ2n) is 7.61. The third-order valence-corrected chi connectivity index (χ3v) is 110. The average molecular weight is 529 g/mol. The topological polar surface area (TPSA) is 23.8 Å². The van der Waals surface area contributed by atoms with Gasteiger partial charge in [0.1, 0.15) is 0 Å². The minimum absolute atomic E-state index is 0.290. The van der Waals surface area contributed by atoms with E-state index in [4.69, 9.17) is 0 Å². The van der Waals surface area contributed by atoms with Crippen LogP contribution >= 0.6 is 0 Å². The molecule has 0 saturated heterocycles. The molecule has 0 bridgehead atoms. The van der Waals surface area contributed by atoms with E-state index in [1.807, 2.05) is 0 Å². The summed E-state index contributed by atoms with van der Waals surface area (Å²) < 4.78 is 0.290. The van der Waals surface area contributed by atoms with Gasteiger partial charge in [0, 0.05) is 0 Å². The van der Waals surface area contributed by atoms with Gasteiger partial charge in [-0.1, -0.05) is 0 Å². The molecule has 0 aromatic rings. The Hall–Kier alpha value is 1.89. The first kappa shape index (κ1) is 16.9. The molecule has 1 nitrogen and oxygen atoms in total. The van der Waals surface area contributed by atoms with Gasteiger partial charge in [-0.15, -0.1) is 0 Å². The van der Waals surface area contributed by atoms with Crippen LogP contribution in [0.5, 0.6) is 0 Å². The molecule has 4 heteroatoms. The number of nitrogens with zero attached hydrogens (tertiary/aromatic N) is 1. The van der Waals surface area contributed by atoms with Crippen molar-refractivity contribution in [1.82, 2.24) is 0 Å². The van der Waals surface area contributed by atoms with Crippen molar-refractivity contribution in [2.24, 2.45) is 0 Å². The van der Waals surface area contributed by atoms with Crippen LogP contribution in [0.3, 0.4) is 0 Å². The van der Waals surface area contributed by atoms with Crippen LogP contribution in [-0.2, 0) is 0 Å². The van der Waals surface area contributed by atoms with Crippen molar-refractivity contribution in [2.45, 2.75) is 43.9 Å². The zero-order chi connectivity index (χ0) is 12.7. The van der Waals surface area contributed by atoms with Crippen LogP contribution in [0.25, 0.3) is 0 Å². The van der Waals surface area contributed by atoms with E-state index in [9.17, 15) is 5.26 Å². The fraction of sp³-hybridized carbons (Fsp3) is 0.909. The third-order valence-electron chi connectivity index (χ3n) is 3.54. The molecule has 0 aliphatic heterocycles. The average Bonchev–Trinajstić information content (AvgIpc) is 1.76. The summed E-state index contributed by atoms with van der Waals surface area (Å²) in [5.74, 6) is 0. The molecule has 88 valence electrons. The molecular weight excluding hydrogens is 502 g/mol. The van der Waals surface area contributed by atoms with Crippen LogP contribution in [0.4, 0.5) is 0 Å². The molecule has 0 heterocycles. The first-order valence-corrected chi connectivity index (χ1v) is 35.7. The molecule has 0 aliphatic carbocycles. The van der Waals surface area contributed by atoms with Crippen LogP contribution in [0, 0.1) is 11.3 Å². The molecule has 0 fully saturated rings. The molecule has 0 spiro atoms. The molecule has 15 heavy (non-hydrogen) atoms. The van der Waals surface area contributed by atoms with Crippen LogP contribution < -0.4 is 0 Å². The Bertz CT molecular complexity index is 234. The summed E-state index contributed by atoms with van der Waals surface area (Å²) in [5.41, 5.74) is 0. The molecule has 0 atom stereocenters. The van der Waals surface area contributed by atoms with Crippen molar-refractivity contribution in [3.05, 3.63) is 0 Å². The van der Waals surface area contributed by atoms with E-state index in [-0.39, 0.29) is -0.537 Å². The van der Waals surface area contributed by atoms with Gasteiger partial charge in [0.2, 0.25) is 0 Å². The van der Waals surface area contributed by atoms with Crippen LogP contribution in [-0.4, -0.2) is 55.1 Å². The monoisotopic (exact) mass is 533 g/mol. The summed E-state index contributed by atoms with van der Waals surface area (Å²) in [6.45, 7) is 0. The predicted molar refractivity (Wildman–Crippen MR) is 78.3 cm³/mol. The summed E-state index contributed by atoms with van der Waals surface area (Å²) in [7, 11) is 0. The Kier molecular flexibility index (Phi) is 5.48. The van der Waals surface area contributed by atoms with E-state index in [0.29, 0.717) is 0 Å². The molecule has 0 N–H and O–H groups in total. The van der Waals surface area contributed by atoms with Gasteiger partial charge in [-0.25, -0.2) is 0 Å². The Morgan fingerprint density at radius 3 is 0.867 bits per heavy atom.